The van der Waals surface area contributed by atoms with Gasteiger partial charge in [-0.15, -0.1) is 0 Å². The van der Waals surface area contributed by atoms with Gasteiger partial charge in [-0.2, -0.15) is 0 Å². The molecule has 1 amide bonds. The molecule has 0 unspecified atom stereocenters. The topological polar surface area (TPSA) is 97.2 Å². The number of benzene rings is 2. The van der Waals surface area contributed by atoms with E-state index in [-0.39, 0.29) is 42.0 Å². The molecule has 2 N–H and O–H groups in total. The molecule has 1 heterocycles. The Kier molecular flexibility index (Phi) is 6.81. The third-order valence-corrected chi connectivity index (χ3v) is 4.29. The quantitative estimate of drug-likeness (QED) is 0.654. The fourth-order valence-electron chi connectivity index (χ4n) is 2.83. The van der Waals surface area contributed by atoms with Gasteiger partial charge in [-0.25, -0.2) is 14.2 Å². The van der Waals surface area contributed by atoms with Gasteiger partial charge in [-0.05, 0) is 61.9 Å². The number of nitrogens with one attached hydrogen (secondary N) is 1. The number of hydrogen-bond acceptors (Lipinski definition) is 6. The second-order valence-corrected chi connectivity index (χ2v) is 6.58. The Balaban J connectivity index is 1.61. The Morgan fingerprint density at radius 3 is 2.45 bits per heavy atom. The first-order valence-electron chi connectivity index (χ1n) is 9.53. The standard InChI is InChI=1S/C23H21FN2O5/c1-3-30-23(29)21-14(2)25-19(22(21)28)12-15-4-10-18(11-5-15)31-13-20(27)26-17-8-6-16(24)7-9-17/h4-12,28H,3,13H2,1-2H3,(H,26,27)/b19-12-. The zero-order valence-corrected chi connectivity index (χ0v) is 17.0. The summed E-state index contributed by atoms with van der Waals surface area (Å²) >= 11 is 0. The number of rotatable bonds is 7. The highest BCUT2D eigenvalue weighted by Gasteiger charge is 2.27. The zero-order valence-electron chi connectivity index (χ0n) is 17.0. The fraction of sp³-hybridized carbons (Fsp3) is 0.174. The molecule has 0 radical (unpaired) electrons. The van der Waals surface area contributed by atoms with Gasteiger partial charge in [-0.1, -0.05) is 12.1 Å². The lowest BCUT2D eigenvalue weighted by Crippen LogP contribution is -2.20. The maximum Gasteiger partial charge on any atom is 0.343 e. The van der Waals surface area contributed by atoms with E-state index in [0.717, 1.165) is 0 Å². The van der Waals surface area contributed by atoms with Crippen LogP contribution in [0.25, 0.3) is 6.08 Å². The number of aliphatic hydroxyl groups excluding tert-OH is 1. The van der Waals surface area contributed by atoms with Crippen LogP contribution in [-0.2, 0) is 14.3 Å². The summed E-state index contributed by atoms with van der Waals surface area (Å²) in [5, 5.41) is 12.9. The number of aliphatic hydroxyl groups is 1. The van der Waals surface area contributed by atoms with Crippen LogP contribution >= 0.6 is 0 Å². The van der Waals surface area contributed by atoms with Crippen molar-refractivity contribution in [2.24, 2.45) is 4.99 Å². The lowest BCUT2D eigenvalue weighted by atomic mass is 10.1. The van der Waals surface area contributed by atoms with E-state index in [9.17, 15) is 19.1 Å². The van der Waals surface area contributed by atoms with E-state index >= 15 is 0 Å². The van der Waals surface area contributed by atoms with Crippen molar-refractivity contribution in [2.75, 3.05) is 18.5 Å². The van der Waals surface area contributed by atoms with Crippen molar-refractivity contribution in [3.63, 3.8) is 0 Å². The average molecular weight is 424 g/mol. The summed E-state index contributed by atoms with van der Waals surface area (Å²) in [5.74, 6) is -1.14. The van der Waals surface area contributed by atoms with E-state index in [0.29, 0.717) is 22.7 Å². The summed E-state index contributed by atoms with van der Waals surface area (Å²) in [5.41, 5.74) is 1.88. The van der Waals surface area contributed by atoms with Crippen molar-refractivity contribution in [3.05, 3.63) is 76.9 Å². The molecule has 0 spiro atoms. The van der Waals surface area contributed by atoms with Gasteiger partial charge in [0.05, 0.1) is 12.3 Å². The number of carbonyl (C=O) groups is 2. The minimum Gasteiger partial charge on any atom is -0.505 e. The molecule has 160 valence electrons. The third kappa shape index (κ3) is 5.57. The van der Waals surface area contributed by atoms with E-state index in [1.165, 1.54) is 24.3 Å². The summed E-state index contributed by atoms with van der Waals surface area (Å²) in [7, 11) is 0. The molecule has 0 bridgehead atoms. The molecule has 0 saturated heterocycles. The van der Waals surface area contributed by atoms with E-state index in [1.54, 1.807) is 44.2 Å². The molecule has 2 aromatic carbocycles. The smallest absolute Gasteiger partial charge is 0.343 e. The Labute approximate surface area is 178 Å². The minimum atomic E-state index is -0.618. The molecule has 0 atom stereocenters. The molecule has 1 aliphatic rings. The molecule has 0 aliphatic carbocycles. The number of aliphatic imine (C=N–C) groups is 1. The molecule has 7 nitrogen and oxygen atoms in total. The Morgan fingerprint density at radius 2 is 1.81 bits per heavy atom. The molecule has 1 aliphatic heterocycles. The molecule has 2 aromatic rings. The number of halogens is 1. The average Bonchev–Trinajstić information content (AvgIpc) is 3.02. The number of carbonyl (C=O) groups excluding carboxylic acids is 2. The van der Waals surface area contributed by atoms with Crippen LogP contribution in [0.2, 0.25) is 0 Å². The molecule has 31 heavy (non-hydrogen) atoms. The van der Waals surface area contributed by atoms with E-state index in [4.69, 9.17) is 9.47 Å². The highest BCUT2D eigenvalue weighted by molar-refractivity contribution is 6.22. The van der Waals surface area contributed by atoms with Crippen LogP contribution in [0, 0.1) is 5.82 Å². The highest BCUT2D eigenvalue weighted by Crippen LogP contribution is 2.27. The molecule has 3 rings (SSSR count). The maximum atomic E-state index is 12.9. The van der Waals surface area contributed by atoms with Crippen molar-refractivity contribution in [2.45, 2.75) is 13.8 Å². The molecule has 0 aromatic heterocycles. The lowest BCUT2D eigenvalue weighted by Gasteiger charge is -2.08. The normalized spacial score (nSPS) is 14.4. The lowest BCUT2D eigenvalue weighted by molar-refractivity contribution is -0.138. The van der Waals surface area contributed by atoms with E-state index in [2.05, 4.69) is 10.3 Å². The van der Waals surface area contributed by atoms with Crippen molar-refractivity contribution in [1.82, 2.24) is 0 Å². The number of ether oxygens (including phenoxy) is 2. The first-order valence-corrected chi connectivity index (χ1v) is 9.53. The van der Waals surface area contributed by atoms with Gasteiger partial charge in [-0.3, -0.25) is 4.79 Å². The summed E-state index contributed by atoms with van der Waals surface area (Å²) in [4.78, 5) is 28.1. The van der Waals surface area contributed by atoms with E-state index in [1.807, 2.05) is 0 Å². The number of anilines is 1. The van der Waals surface area contributed by atoms with Gasteiger partial charge in [0.1, 0.15) is 22.8 Å². The Morgan fingerprint density at radius 1 is 1.13 bits per heavy atom. The van der Waals surface area contributed by atoms with Crippen LogP contribution in [0.5, 0.6) is 5.75 Å². The van der Waals surface area contributed by atoms with Crippen LogP contribution in [0.1, 0.15) is 19.4 Å². The maximum absolute atomic E-state index is 12.9. The van der Waals surface area contributed by atoms with Crippen LogP contribution in [0.15, 0.2) is 70.6 Å². The SMILES string of the molecule is CCOC(=O)C1=C(O)/C(=C/c2ccc(OCC(=O)Nc3ccc(F)cc3)cc2)N=C1C. The Bertz CT molecular complexity index is 1070. The third-order valence-electron chi connectivity index (χ3n) is 4.29. The molecular weight excluding hydrogens is 403 g/mol. The number of esters is 1. The second kappa shape index (κ2) is 9.71. The fourth-order valence-corrected chi connectivity index (χ4v) is 2.83. The zero-order chi connectivity index (χ0) is 22.4. The second-order valence-electron chi connectivity index (χ2n) is 6.58. The van der Waals surface area contributed by atoms with Gasteiger partial charge in [0.15, 0.2) is 12.4 Å². The summed E-state index contributed by atoms with van der Waals surface area (Å²) in [6.07, 6.45) is 1.62. The number of amides is 1. The molecular formula is C23H21FN2O5. The van der Waals surface area contributed by atoms with Crippen molar-refractivity contribution < 1.29 is 28.6 Å². The van der Waals surface area contributed by atoms with Gasteiger partial charge < -0.3 is 19.9 Å². The van der Waals surface area contributed by atoms with Gasteiger partial charge in [0.2, 0.25) is 0 Å². The number of hydrogen-bond donors (Lipinski definition) is 2. The van der Waals surface area contributed by atoms with Gasteiger partial charge in [0.25, 0.3) is 5.91 Å². The molecule has 0 saturated carbocycles. The summed E-state index contributed by atoms with van der Waals surface area (Å²) < 4.78 is 23.3. The van der Waals surface area contributed by atoms with Crippen LogP contribution in [-0.4, -0.2) is 35.9 Å². The van der Waals surface area contributed by atoms with Crippen molar-refractivity contribution in [3.8, 4) is 5.75 Å². The molecule has 0 fully saturated rings. The predicted octanol–water partition coefficient (Wildman–Crippen LogP) is 4.03. The Hall–Kier alpha value is -3.94. The first-order chi connectivity index (χ1) is 14.9. The summed E-state index contributed by atoms with van der Waals surface area (Å²) in [6, 6.07) is 12.2. The monoisotopic (exact) mass is 424 g/mol. The largest absolute Gasteiger partial charge is 0.505 e. The number of nitrogens with zero attached hydrogens (tertiary/aromatic N) is 1. The van der Waals surface area contributed by atoms with Gasteiger partial charge >= 0.3 is 5.97 Å². The van der Waals surface area contributed by atoms with Crippen LogP contribution < -0.4 is 10.1 Å². The van der Waals surface area contributed by atoms with Gasteiger partial charge in [0, 0.05) is 5.69 Å². The van der Waals surface area contributed by atoms with Crippen molar-refractivity contribution in [1.29, 1.82) is 0 Å². The van der Waals surface area contributed by atoms with Crippen LogP contribution in [0.4, 0.5) is 10.1 Å². The van der Waals surface area contributed by atoms with Crippen molar-refractivity contribution >= 4 is 29.4 Å². The predicted molar refractivity (Wildman–Crippen MR) is 114 cm³/mol. The summed E-state index contributed by atoms with van der Waals surface area (Å²) in [6.45, 7) is 3.29. The van der Waals surface area contributed by atoms with E-state index < -0.39 is 5.97 Å². The first kappa shape index (κ1) is 21.8. The highest BCUT2D eigenvalue weighted by atomic mass is 19.1. The minimum absolute atomic E-state index is 0.0558. The molecule has 8 heteroatoms. The van der Waals surface area contributed by atoms with Crippen LogP contribution in [0.3, 0.4) is 0 Å².